The Bertz CT molecular complexity index is 1420. The molecule has 0 aromatic carbocycles. The molecule has 13 heteroatoms. The van der Waals surface area contributed by atoms with E-state index in [1.807, 2.05) is 0 Å². The summed E-state index contributed by atoms with van der Waals surface area (Å²) in [6.07, 6.45) is 4.58. The number of aryl methyl sites for hydroxylation is 1. The van der Waals surface area contributed by atoms with Gasteiger partial charge in [-0.1, -0.05) is 19.6 Å². The van der Waals surface area contributed by atoms with E-state index in [4.69, 9.17) is 19.2 Å². The fraction of sp³-hybridized carbons (Fsp3) is 0.633. The van der Waals surface area contributed by atoms with Crippen LogP contribution in [0.1, 0.15) is 28.8 Å². The van der Waals surface area contributed by atoms with Crippen molar-refractivity contribution in [2.24, 2.45) is 0 Å². The number of ether oxygens (including phenoxy) is 3. The Morgan fingerprint density at radius 3 is 2.70 bits per heavy atom. The number of carbonyl (C=O) groups is 2. The van der Waals surface area contributed by atoms with Gasteiger partial charge in [0.2, 0.25) is 5.82 Å². The van der Waals surface area contributed by atoms with Crippen molar-refractivity contribution in [3.63, 3.8) is 0 Å². The van der Waals surface area contributed by atoms with E-state index in [0.717, 1.165) is 49.9 Å². The van der Waals surface area contributed by atoms with Crippen LogP contribution in [0, 0.1) is 6.92 Å². The molecule has 0 radical (unpaired) electrons. The number of amides is 2. The average molecular weight is 610 g/mol. The molecule has 2 amide bonds. The Morgan fingerprint density at radius 1 is 1.12 bits per heavy atom. The summed E-state index contributed by atoms with van der Waals surface area (Å²) < 4.78 is 17.1. The third-order valence-electron chi connectivity index (χ3n) is 9.04. The molecule has 12 nitrogen and oxygen atoms in total. The molecule has 1 saturated heterocycles. The molecular formula is C30H43N7O5Si. The van der Waals surface area contributed by atoms with Crippen LogP contribution in [0.15, 0.2) is 6.20 Å². The van der Waals surface area contributed by atoms with E-state index in [1.54, 1.807) is 0 Å². The van der Waals surface area contributed by atoms with Crippen molar-refractivity contribution in [3.8, 4) is 5.88 Å². The third kappa shape index (κ3) is 6.07. The summed E-state index contributed by atoms with van der Waals surface area (Å²) in [7, 11) is 3.02. The second kappa shape index (κ2) is 11.7. The number of aromatic nitrogens is 3. The zero-order valence-corrected chi connectivity index (χ0v) is 27.2. The van der Waals surface area contributed by atoms with Crippen LogP contribution in [-0.4, -0.2) is 106 Å². The predicted octanol–water partition coefficient (Wildman–Crippen LogP) is 3.02. The van der Waals surface area contributed by atoms with Gasteiger partial charge in [-0.05, 0) is 62.4 Å². The quantitative estimate of drug-likeness (QED) is 0.294. The van der Waals surface area contributed by atoms with Gasteiger partial charge in [-0.3, -0.25) is 14.6 Å². The highest BCUT2D eigenvalue weighted by Crippen LogP contribution is 2.37. The summed E-state index contributed by atoms with van der Waals surface area (Å²) in [4.78, 5) is 47.0. The van der Waals surface area contributed by atoms with Gasteiger partial charge >= 0.3 is 6.09 Å². The molecule has 0 spiro atoms. The molecule has 232 valence electrons. The number of likely N-dealkylation sites (N-methyl/N-ethyl adjacent to an activating group) is 2. The van der Waals surface area contributed by atoms with Crippen molar-refractivity contribution >= 4 is 37.5 Å². The summed E-state index contributed by atoms with van der Waals surface area (Å²) in [5, 5.41) is 0. The maximum atomic E-state index is 12.9. The lowest BCUT2D eigenvalue weighted by atomic mass is 10.0. The van der Waals surface area contributed by atoms with E-state index in [9.17, 15) is 9.59 Å². The summed E-state index contributed by atoms with van der Waals surface area (Å²) >= 11 is 0. The molecule has 4 aliphatic rings. The zero-order chi connectivity index (χ0) is 30.5. The lowest BCUT2D eigenvalue weighted by molar-refractivity contribution is -0.122. The van der Waals surface area contributed by atoms with E-state index in [-0.39, 0.29) is 37.0 Å². The van der Waals surface area contributed by atoms with E-state index >= 15 is 0 Å². The minimum Gasteiger partial charge on any atom is -0.465 e. The van der Waals surface area contributed by atoms with E-state index in [2.05, 4.69) is 60.4 Å². The largest absolute Gasteiger partial charge is 0.465 e. The minimum absolute atomic E-state index is 0.0668. The summed E-state index contributed by atoms with van der Waals surface area (Å²) in [5.41, 5.74) is 5.47. The standard InChI is InChI=1S/C30H43N7O5Si/c1-19-23-13-20(14-24(23)22-8-10-35(3)27(22)32-19)34(2)9-7-21-16-36(30(39)42-21)25-15-31-29-28(33-25)37(26(38)17-41-29)18-40-11-12-43(4,5)6/h15,20-21H,7-14,16-18H2,1-6H3. The van der Waals surface area contributed by atoms with Crippen LogP contribution in [0.2, 0.25) is 25.7 Å². The summed E-state index contributed by atoms with van der Waals surface area (Å²) in [5.74, 6) is 1.74. The van der Waals surface area contributed by atoms with Gasteiger partial charge in [0.1, 0.15) is 18.7 Å². The Balaban J connectivity index is 1.06. The third-order valence-corrected chi connectivity index (χ3v) is 10.7. The number of rotatable bonds is 10. The van der Waals surface area contributed by atoms with Crippen LogP contribution < -0.4 is 19.4 Å². The van der Waals surface area contributed by atoms with Gasteiger partial charge in [0.15, 0.2) is 12.4 Å². The molecule has 2 aromatic heterocycles. The Hall–Kier alpha value is -3.29. The first kappa shape index (κ1) is 29.8. The Morgan fingerprint density at radius 2 is 1.91 bits per heavy atom. The van der Waals surface area contributed by atoms with Crippen LogP contribution in [-0.2, 0) is 33.5 Å². The van der Waals surface area contributed by atoms with Crippen LogP contribution in [0.4, 0.5) is 22.2 Å². The smallest absolute Gasteiger partial charge is 0.415 e. The highest BCUT2D eigenvalue weighted by Gasteiger charge is 2.37. The number of carbonyl (C=O) groups excluding carboxylic acids is 2. The first-order valence-electron chi connectivity index (χ1n) is 15.3. The van der Waals surface area contributed by atoms with Crippen LogP contribution >= 0.6 is 0 Å². The number of pyridine rings is 1. The topological polar surface area (TPSA) is 113 Å². The molecule has 6 rings (SSSR count). The van der Waals surface area contributed by atoms with Crippen LogP contribution in [0.25, 0.3) is 0 Å². The van der Waals surface area contributed by atoms with Crippen molar-refractivity contribution in [3.05, 3.63) is 28.6 Å². The molecule has 1 fully saturated rings. The fourth-order valence-corrected chi connectivity index (χ4v) is 7.07. The average Bonchev–Trinajstić information content (AvgIpc) is 3.67. The van der Waals surface area contributed by atoms with Gasteiger partial charge < -0.3 is 24.0 Å². The minimum atomic E-state index is -1.27. The van der Waals surface area contributed by atoms with Crippen molar-refractivity contribution in [2.75, 3.05) is 68.4 Å². The first-order chi connectivity index (χ1) is 20.5. The van der Waals surface area contributed by atoms with Gasteiger partial charge in [0.25, 0.3) is 11.8 Å². The lowest BCUT2D eigenvalue weighted by Gasteiger charge is -2.28. The molecule has 2 aromatic rings. The molecule has 1 aliphatic carbocycles. The Kier molecular flexibility index (Phi) is 8.07. The summed E-state index contributed by atoms with van der Waals surface area (Å²) in [6, 6.07) is 1.40. The molecule has 0 saturated carbocycles. The second-order valence-corrected chi connectivity index (χ2v) is 19.0. The number of anilines is 3. The van der Waals surface area contributed by atoms with Crippen molar-refractivity contribution in [2.45, 2.75) is 70.4 Å². The van der Waals surface area contributed by atoms with Gasteiger partial charge in [-0.25, -0.2) is 19.7 Å². The van der Waals surface area contributed by atoms with Gasteiger partial charge in [0, 0.05) is 46.6 Å². The van der Waals surface area contributed by atoms with E-state index in [0.29, 0.717) is 31.4 Å². The van der Waals surface area contributed by atoms with Crippen molar-refractivity contribution in [1.82, 2.24) is 19.9 Å². The van der Waals surface area contributed by atoms with Crippen molar-refractivity contribution in [1.29, 1.82) is 0 Å². The maximum Gasteiger partial charge on any atom is 0.415 e. The SMILES string of the molecule is Cc1nc2c(c3c1CC(N(C)CCC1CN(c4cnc5c(n4)N(COCC[Si](C)(C)C)C(=O)CO5)C(=O)O1)C3)CCN2C. The monoisotopic (exact) mass is 609 g/mol. The predicted molar refractivity (Wildman–Crippen MR) is 166 cm³/mol. The van der Waals surface area contributed by atoms with Crippen LogP contribution in [0.5, 0.6) is 5.88 Å². The second-order valence-electron chi connectivity index (χ2n) is 13.4. The van der Waals surface area contributed by atoms with Gasteiger partial charge in [-0.15, -0.1) is 0 Å². The molecule has 2 atom stereocenters. The van der Waals surface area contributed by atoms with Crippen LogP contribution in [0.3, 0.4) is 0 Å². The molecule has 0 N–H and O–H groups in total. The maximum absolute atomic E-state index is 12.9. The zero-order valence-electron chi connectivity index (χ0n) is 26.2. The molecule has 3 aliphatic heterocycles. The highest BCUT2D eigenvalue weighted by atomic mass is 28.3. The molecule has 2 unspecified atom stereocenters. The number of hydrogen-bond acceptors (Lipinski definition) is 10. The number of cyclic esters (lactones) is 1. The molecule has 0 bridgehead atoms. The van der Waals surface area contributed by atoms with E-state index in [1.165, 1.54) is 32.7 Å². The number of nitrogens with zero attached hydrogens (tertiary/aromatic N) is 7. The first-order valence-corrected chi connectivity index (χ1v) is 19.0. The summed E-state index contributed by atoms with van der Waals surface area (Å²) in [6.45, 7) is 11.7. The van der Waals surface area contributed by atoms with Gasteiger partial charge in [0.05, 0.1) is 12.7 Å². The fourth-order valence-electron chi connectivity index (χ4n) is 6.32. The normalized spacial score (nSPS) is 21.3. The molecule has 43 heavy (non-hydrogen) atoms. The van der Waals surface area contributed by atoms with Crippen molar-refractivity contribution < 1.29 is 23.8 Å². The highest BCUT2D eigenvalue weighted by molar-refractivity contribution is 6.76. The van der Waals surface area contributed by atoms with E-state index < -0.39 is 14.2 Å². The number of hydrogen-bond donors (Lipinski definition) is 0. The molecule has 5 heterocycles. The number of fused-ring (bicyclic) bond motifs is 4. The lowest BCUT2D eigenvalue weighted by Crippen LogP contribution is -2.42. The van der Waals surface area contributed by atoms with Gasteiger partial charge in [-0.2, -0.15) is 0 Å². The Labute approximate surface area is 254 Å². The molecular weight excluding hydrogens is 566 g/mol.